The fourth-order valence-corrected chi connectivity index (χ4v) is 1.67. The Balaban J connectivity index is 2.77. The zero-order chi connectivity index (χ0) is 13.4. The van der Waals surface area contributed by atoms with E-state index in [1.807, 2.05) is 23.5 Å². The molecule has 0 aliphatic heterocycles. The molecule has 3 N–H and O–H groups in total. The molecule has 1 rings (SSSR count). The molecule has 0 bridgehead atoms. The van der Waals surface area contributed by atoms with Crippen molar-refractivity contribution in [2.24, 2.45) is 0 Å². The van der Waals surface area contributed by atoms with Crippen molar-refractivity contribution in [1.82, 2.24) is 0 Å². The Kier molecular flexibility index (Phi) is 6.25. The minimum absolute atomic E-state index is 0.312. The number of benzene rings is 1. The van der Waals surface area contributed by atoms with Crippen molar-refractivity contribution in [3.63, 3.8) is 0 Å². The summed E-state index contributed by atoms with van der Waals surface area (Å²) in [7, 11) is 1.62. The highest BCUT2D eigenvalue weighted by Crippen LogP contribution is 2.30. The second kappa shape index (κ2) is 7.74. The highest BCUT2D eigenvalue weighted by atomic mass is 16.5. The molecule has 0 aromatic heterocycles. The standard InChI is InChI=1S/C14H21NO3/c1-4-8-18-14-12(10-15-9-11(2)16)6-5-7-13(14)17-3/h4-7,11,15-16H,1,8-10H2,2-3H3/p+1/t11-/m1/s1. The van der Waals surface area contributed by atoms with E-state index >= 15 is 0 Å². The average molecular weight is 252 g/mol. The fraction of sp³-hybridized carbons (Fsp3) is 0.429. The number of ether oxygens (including phenoxy) is 2. The van der Waals surface area contributed by atoms with Gasteiger partial charge in [0.1, 0.15) is 19.7 Å². The minimum atomic E-state index is -0.312. The Morgan fingerprint density at radius 2 is 2.28 bits per heavy atom. The van der Waals surface area contributed by atoms with Crippen LogP contribution in [0.2, 0.25) is 0 Å². The summed E-state index contributed by atoms with van der Waals surface area (Å²) in [6.07, 6.45) is 1.39. The summed E-state index contributed by atoms with van der Waals surface area (Å²) < 4.78 is 10.9. The number of rotatable bonds is 8. The van der Waals surface area contributed by atoms with Gasteiger partial charge in [0.15, 0.2) is 11.5 Å². The van der Waals surface area contributed by atoms with Crippen molar-refractivity contribution in [1.29, 1.82) is 0 Å². The van der Waals surface area contributed by atoms with Crippen LogP contribution in [0.1, 0.15) is 12.5 Å². The zero-order valence-electron chi connectivity index (χ0n) is 11.1. The predicted octanol–water partition coefficient (Wildman–Crippen LogP) is 0.704. The van der Waals surface area contributed by atoms with Gasteiger partial charge in [0.25, 0.3) is 0 Å². The smallest absolute Gasteiger partial charge is 0.170 e. The lowest BCUT2D eigenvalue weighted by atomic mass is 10.2. The largest absolute Gasteiger partial charge is 0.493 e. The van der Waals surface area contributed by atoms with Gasteiger partial charge in [-0.2, -0.15) is 0 Å². The lowest BCUT2D eigenvalue weighted by Gasteiger charge is -2.13. The second-order valence-corrected chi connectivity index (χ2v) is 4.13. The maximum atomic E-state index is 9.24. The molecule has 1 atom stereocenters. The molecule has 0 radical (unpaired) electrons. The molecule has 100 valence electrons. The number of aliphatic hydroxyl groups excluding tert-OH is 1. The first-order valence-electron chi connectivity index (χ1n) is 6.08. The third-order valence-corrected chi connectivity index (χ3v) is 2.50. The van der Waals surface area contributed by atoms with Crippen LogP contribution in [-0.2, 0) is 6.54 Å². The summed E-state index contributed by atoms with van der Waals surface area (Å²) in [6.45, 7) is 7.27. The van der Waals surface area contributed by atoms with Gasteiger partial charge in [-0.3, -0.25) is 0 Å². The molecule has 1 aromatic carbocycles. The van der Waals surface area contributed by atoms with Crippen molar-refractivity contribution >= 4 is 0 Å². The van der Waals surface area contributed by atoms with E-state index in [-0.39, 0.29) is 6.10 Å². The van der Waals surface area contributed by atoms with Gasteiger partial charge in [0, 0.05) is 0 Å². The number of methoxy groups -OCH3 is 1. The Bertz CT molecular complexity index is 377. The summed E-state index contributed by atoms with van der Waals surface area (Å²) in [6, 6.07) is 5.81. The van der Waals surface area contributed by atoms with Gasteiger partial charge < -0.3 is 19.9 Å². The fourth-order valence-electron chi connectivity index (χ4n) is 1.67. The molecule has 18 heavy (non-hydrogen) atoms. The summed E-state index contributed by atoms with van der Waals surface area (Å²) >= 11 is 0. The molecule has 0 saturated carbocycles. The summed E-state index contributed by atoms with van der Waals surface area (Å²) in [5.41, 5.74) is 1.05. The number of quaternary nitrogens is 1. The molecular formula is C14H22NO3+. The van der Waals surface area contributed by atoms with Gasteiger partial charge in [-0.05, 0) is 19.1 Å². The van der Waals surface area contributed by atoms with Crippen LogP contribution in [-0.4, -0.2) is 31.5 Å². The summed E-state index contributed by atoms with van der Waals surface area (Å²) in [5, 5.41) is 11.3. The average Bonchev–Trinajstić information content (AvgIpc) is 2.36. The van der Waals surface area contributed by atoms with Crippen LogP contribution in [0.25, 0.3) is 0 Å². The Hall–Kier alpha value is -1.52. The number of hydrogen-bond donors (Lipinski definition) is 2. The third kappa shape index (κ3) is 4.39. The minimum Gasteiger partial charge on any atom is -0.493 e. The molecule has 0 fully saturated rings. The van der Waals surface area contributed by atoms with Crippen molar-refractivity contribution in [2.75, 3.05) is 20.3 Å². The van der Waals surface area contributed by atoms with Gasteiger partial charge >= 0.3 is 0 Å². The van der Waals surface area contributed by atoms with Crippen LogP contribution in [0.4, 0.5) is 0 Å². The van der Waals surface area contributed by atoms with Crippen LogP contribution >= 0.6 is 0 Å². The predicted molar refractivity (Wildman–Crippen MR) is 70.9 cm³/mol. The van der Waals surface area contributed by atoms with Crippen molar-refractivity contribution < 1.29 is 19.9 Å². The number of para-hydroxylation sites is 1. The van der Waals surface area contributed by atoms with Gasteiger partial charge in [-0.15, -0.1) is 0 Å². The normalized spacial score (nSPS) is 11.9. The summed E-state index contributed by atoms with van der Waals surface area (Å²) in [5.74, 6) is 1.47. The van der Waals surface area contributed by atoms with Gasteiger partial charge in [0.05, 0.1) is 18.8 Å². The zero-order valence-corrected chi connectivity index (χ0v) is 11.1. The molecule has 0 saturated heterocycles. The van der Waals surface area contributed by atoms with E-state index in [2.05, 4.69) is 6.58 Å². The lowest BCUT2D eigenvalue weighted by Crippen LogP contribution is -2.84. The van der Waals surface area contributed by atoms with Gasteiger partial charge in [-0.1, -0.05) is 18.7 Å². The topological polar surface area (TPSA) is 55.3 Å². The van der Waals surface area contributed by atoms with Crippen molar-refractivity contribution in [3.05, 3.63) is 36.4 Å². The first-order valence-corrected chi connectivity index (χ1v) is 6.08. The first-order chi connectivity index (χ1) is 8.69. The molecule has 0 aliphatic rings. The van der Waals surface area contributed by atoms with Crippen molar-refractivity contribution in [3.8, 4) is 11.5 Å². The van der Waals surface area contributed by atoms with E-state index in [0.717, 1.165) is 23.6 Å². The van der Waals surface area contributed by atoms with Crippen LogP contribution in [0.3, 0.4) is 0 Å². The molecule has 0 spiro atoms. The quantitative estimate of drug-likeness (QED) is 0.670. The second-order valence-electron chi connectivity index (χ2n) is 4.13. The van der Waals surface area contributed by atoms with Crippen LogP contribution < -0.4 is 14.8 Å². The molecule has 0 heterocycles. The van der Waals surface area contributed by atoms with Crippen LogP contribution in [0.5, 0.6) is 11.5 Å². The van der Waals surface area contributed by atoms with E-state index in [9.17, 15) is 5.11 Å². The SMILES string of the molecule is C=CCOc1c(C[NH2+]C[C@@H](C)O)cccc1OC. The maximum absolute atomic E-state index is 9.24. The van der Waals surface area contributed by atoms with E-state index in [1.165, 1.54) is 0 Å². The monoisotopic (exact) mass is 252 g/mol. The Morgan fingerprint density at radius 3 is 2.89 bits per heavy atom. The molecular weight excluding hydrogens is 230 g/mol. The highest BCUT2D eigenvalue weighted by Gasteiger charge is 2.11. The first kappa shape index (κ1) is 14.5. The number of hydrogen-bond acceptors (Lipinski definition) is 3. The molecule has 4 nitrogen and oxygen atoms in total. The lowest BCUT2D eigenvalue weighted by molar-refractivity contribution is -0.676. The number of nitrogens with two attached hydrogens (primary N) is 1. The van der Waals surface area contributed by atoms with Crippen molar-refractivity contribution in [2.45, 2.75) is 19.6 Å². The van der Waals surface area contributed by atoms with E-state index in [1.54, 1.807) is 20.1 Å². The Labute approximate surface area is 108 Å². The van der Waals surface area contributed by atoms with Crippen LogP contribution in [0.15, 0.2) is 30.9 Å². The molecule has 4 heteroatoms. The van der Waals surface area contributed by atoms with E-state index in [0.29, 0.717) is 13.2 Å². The van der Waals surface area contributed by atoms with E-state index in [4.69, 9.17) is 9.47 Å². The Morgan fingerprint density at radius 1 is 1.50 bits per heavy atom. The van der Waals surface area contributed by atoms with E-state index < -0.39 is 0 Å². The van der Waals surface area contributed by atoms with Crippen LogP contribution in [0, 0.1) is 0 Å². The van der Waals surface area contributed by atoms with Gasteiger partial charge in [0.2, 0.25) is 0 Å². The summed E-state index contributed by atoms with van der Waals surface area (Å²) in [4.78, 5) is 0. The molecule has 1 aromatic rings. The third-order valence-electron chi connectivity index (χ3n) is 2.50. The van der Waals surface area contributed by atoms with Gasteiger partial charge in [-0.25, -0.2) is 0 Å². The molecule has 0 unspecified atom stereocenters. The molecule has 0 amide bonds. The molecule has 0 aliphatic carbocycles. The maximum Gasteiger partial charge on any atom is 0.170 e. The number of aliphatic hydroxyl groups is 1. The highest BCUT2D eigenvalue weighted by molar-refractivity contribution is 5.46.